The summed E-state index contributed by atoms with van der Waals surface area (Å²) in [5.74, 6) is 0.555. The van der Waals surface area contributed by atoms with Gasteiger partial charge in [-0.15, -0.1) is 0 Å². The van der Waals surface area contributed by atoms with E-state index < -0.39 is 0 Å². The number of benzene rings is 2. The van der Waals surface area contributed by atoms with Gasteiger partial charge in [0.1, 0.15) is 18.1 Å². The van der Waals surface area contributed by atoms with Crippen molar-refractivity contribution in [2.75, 3.05) is 6.61 Å². The van der Waals surface area contributed by atoms with Gasteiger partial charge in [0.2, 0.25) is 0 Å². The van der Waals surface area contributed by atoms with Crippen LogP contribution in [0.25, 0.3) is 5.57 Å². The number of hydrogen-bond donors (Lipinski definition) is 2. The Labute approximate surface area is 173 Å². The highest BCUT2D eigenvalue weighted by Crippen LogP contribution is 2.34. The molecule has 1 aliphatic rings. The van der Waals surface area contributed by atoms with Crippen LogP contribution in [0.5, 0.6) is 11.5 Å². The number of ether oxygens (including phenoxy) is 1. The van der Waals surface area contributed by atoms with E-state index >= 15 is 0 Å². The van der Waals surface area contributed by atoms with Gasteiger partial charge in [-0.1, -0.05) is 29.3 Å². The second-order valence-corrected chi connectivity index (χ2v) is 7.32. The van der Waals surface area contributed by atoms with Crippen molar-refractivity contribution in [2.45, 2.75) is 25.3 Å². The molecule has 7 heteroatoms. The molecule has 0 aliphatic heterocycles. The molecule has 0 aromatic heterocycles. The van der Waals surface area contributed by atoms with Crippen molar-refractivity contribution >= 4 is 41.3 Å². The first kappa shape index (κ1) is 20.2. The number of hydrogen-bond acceptors (Lipinski definition) is 5. The second kappa shape index (κ2) is 9.13. The van der Waals surface area contributed by atoms with E-state index in [1.54, 1.807) is 30.5 Å². The Hall–Kier alpha value is -2.50. The molecule has 3 rings (SSSR count). The Kier molecular flexibility index (Phi) is 6.60. The Bertz CT molecular complexity index is 914. The number of carbonyl (C=O) groups excluding carboxylic acids is 1. The zero-order valence-corrected chi connectivity index (χ0v) is 16.6. The molecule has 1 aliphatic carbocycles. The van der Waals surface area contributed by atoms with Gasteiger partial charge in [0.25, 0.3) is 0 Å². The van der Waals surface area contributed by atoms with Crippen LogP contribution in [0, 0.1) is 0 Å². The van der Waals surface area contributed by atoms with Gasteiger partial charge >= 0.3 is 0 Å². The molecule has 0 bridgehead atoms. The fourth-order valence-corrected chi connectivity index (χ4v) is 3.30. The smallest absolute Gasteiger partial charge is 0.157 e. The number of carbonyl (C=O) groups is 1. The number of nitrogens with zero attached hydrogens (tertiary/aromatic N) is 1. The van der Waals surface area contributed by atoms with Crippen LogP contribution in [-0.2, 0) is 11.2 Å². The predicted molar refractivity (Wildman–Crippen MR) is 113 cm³/mol. The van der Waals surface area contributed by atoms with E-state index in [0.29, 0.717) is 45.7 Å². The fraction of sp³-hybridized carbons (Fsp3) is 0.238. The van der Waals surface area contributed by atoms with Gasteiger partial charge in [0.05, 0.1) is 6.04 Å². The summed E-state index contributed by atoms with van der Waals surface area (Å²) < 4.78 is 5.25. The van der Waals surface area contributed by atoms with Crippen LogP contribution in [0.1, 0.15) is 29.5 Å². The Morgan fingerprint density at radius 2 is 1.96 bits per heavy atom. The molecular weight excluding hydrogens is 399 g/mol. The summed E-state index contributed by atoms with van der Waals surface area (Å²) in [4.78, 5) is 14.9. The average molecular weight is 419 g/mol. The first-order valence-electron chi connectivity index (χ1n) is 8.83. The average Bonchev–Trinajstić information content (AvgIpc) is 3.50. The van der Waals surface area contributed by atoms with Crippen molar-refractivity contribution in [2.24, 2.45) is 10.7 Å². The van der Waals surface area contributed by atoms with Crippen LogP contribution in [0.2, 0.25) is 10.0 Å². The van der Waals surface area contributed by atoms with E-state index in [1.165, 1.54) is 6.20 Å². The maximum atomic E-state index is 10.4. The number of phenols is 1. The summed E-state index contributed by atoms with van der Waals surface area (Å²) >= 11 is 12.7. The lowest BCUT2D eigenvalue weighted by molar-refractivity contribution is -0.109. The molecule has 2 aromatic rings. The molecular formula is C21H20Cl2N2O3. The first-order valence-corrected chi connectivity index (χ1v) is 9.59. The van der Waals surface area contributed by atoms with Crippen LogP contribution in [0.4, 0.5) is 0 Å². The largest absolute Gasteiger partial charge is 0.507 e. The van der Waals surface area contributed by atoms with Crippen LogP contribution < -0.4 is 10.5 Å². The minimum atomic E-state index is -0.0655. The maximum Gasteiger partial charge on any atom is 0.157 e. The van der Waals surface area contributed by atoms with Gasteiger partial charge in [0.15, 0.2) is 6.29 Å². The highest BCUT2D eigenvalue weighted by molar-refractivity contribution is 6.36. The lowest BCUT2D eigenvalue weighted by Gasteiger charge is -2.12. The molecule has 0 radical (unpaired) electrons. The third-order valence-electron chi connectivity index (χ3n) is 4.34. The zero-order valence-electron chi connectivity index (χ0n) is 15.1. The summed E-state index contributed by atoms with van der Waals surface area (Å²) in [6.07, 6.45) is 6.42. The molecule has 0 saturated heterocycles. The maximum absolute atomic E-state index is 10.4. The van der Waals surface area contributed by atoms with E-state index in [1.807, 2.05) is 6.07 Å². The molecule has 0 heterocycles. The number of nitrogens with two attached hydrogens (primary N) is 1. The summed E-state index contributed by atoms with van der Waals surface area (Å²) in [7, 11) is 0. The normalized spacial score (nSPS) is 14.4. The molecule has 1 saturated carbocycles. The third kappa shape index (κ3) is 5.06. The highest BCUT2D eigenvalue weighted by atomic mass is 35.5. The first-order chi connectivity index (χ1) is 13.5. The summed E-state index contributed by atoms with van der Waals surface area (Å²) in [6, 6.07) is 8.87. The third-order valence-corrected chi connectivity index (χ3v) is 5.01. The van der Waals surface area contributed by atoms with E-state index in [-0.39, 0.29) is 12.4 Å². The SMILES string of the molecule is N/C=C(\C=NC1CC1)c1cc(Cc2c(Cl)cc(OCC=O)cc2Cl)ccc1O. The van der Waals surface area contributed by atoms with Gasteiger partial charge in [-0.25, -0.2) is 0 Å². The standard InChI is InChI=1S/C21H20Cl2N2O3/c22-19-9-16(28-6-5-26)10-20(23)18(19)8-13-1-4-21(27)17(7-13)14(11-24)12-25-15-2-3-15/h1,4-5,7,9-12,15,27H,2-3,6,8,24H2/b14-11+,25-12?. The molecule has 0 amide bonds. The van der Waals surface area contributed by atoms with Crippen LogP contribution >= 0.6 is 23.2 Å². The molecule has 0 atom stereocenters. The number of aldehydes is 1. The van der Waals surface area contributed by atoms with Gasteiger partial charge in [-0.2, -0.15) is 0 Å². The highest BCUT2D eigenvalue weighted by Gasteiger charge is 2.19. The Morgan fingerprint density at radius 3 is 2.57 bits per heavy atom. The van der Waals surface area contributed by atoms with Gasteiger partial charge in [0, 0.05) is 40.0 Å². The monoisotopic (exact) mass is 418 g/mol. The Balaban J connectivity index is 1.86. The predicted octanol–water partition coefficient (Wildman–Crippen LogP) is 4.40. The lowest BCUT2D eigenvalue weighted by atomic mass is 9.98. The lowest BCUT2D eigenvalue weighted by Crippen LogP contribution is -2.00. The second-order valence-electron chi connectivity index (χ2n) is 6.50. The van der Waals surface area contributed by atoms with Crippen molar-refractivity contribution in [1.29, 1.82) is 0 Å². The fourth-order valence-electron chi connectivity index (χ4n) is 2.70. The summed E-state index contributed by atoms with van der Waals surface area (Å²) in [6.45, 7) is -0.0655. The summed E-state index contributed by atoms with van der Waals surface area (Å²) in [5.41, 5.74) is 8.62. The quantitative estimate of drug-likeness (QED) is 0.491. The minimum absolute atomic E-state index is 0.0655. The number of rotatable bonds is 8. The zero-order chi connectivity index (χ0) is 20.1. The van der Waals surface area contributed by atoms with Gasteiger partial charge in [-0.3, -0.25) is 9.79 Å². The van der Waals surface area contributed by atoms with Crippen molar-refractivity contribution in [3.63, 3.8) is 0 Å². The van der Waals surface area contributed by atoms with Crippen molar-refractivity contribution in [1.82, 2.24) is 0 Å². The number of aliphatic imine (C=N–C) groups is 1. The Morgan fingerprint density at radius 1 is 1.25 bits per heavy atom. The molecule has 0 spiro atoms. The van der Waals surface area contributed by atoms with E-state index in [2.05, 4.69) is 4.99 Å². The van der Waals surface area contributed by atoms with Crippen LogP contribution in [-0.4, -0.2) is 30.3 Å². The number of halogens is 2. The molecule has 2 aromatic carbocycles. The molecule has 28 heavy (non-hydrogen) atoms. The van der Waals surface area contributed by atoms with Gasteiger partial charge < -0.3 is 15.6 Å². The van der Waals surface area contributed by atoms with Crippen LogP contribution in [0.3, 0.4) is 0 Å². The van der Waals surface area contributed by atoms with Crippen molar-refractivity contribution < 1.29 is 14.6 Å². The number of allylic oxidation sites excluding steroid dienone is 1. The van der Waals surface area contributed by atoms with Crippen molar-refractivity contribution in [3.8, 4) is 11.5 Å². The number of aromatic hydroxyl groups is 1. The van der Waals surface area contributed by atoms with E-state index in [0.717, 1.165) is 24.0 Å². The minimum Gasteiger partial charge on any atom is -0.507 e. The molecule has 1 fully saturated rings. The molecule has 5 nitrogen and oxygen atoms in total. The topological polar surface area (TPSA) is 84.9 Å². The molecule has 146 valence electrons. The van der Waals surface area contributed by atoms with Crippen molar-refractivity contribution in [3.05, 3.63) is 63.3 Å². The summed E-state index contributed by atoms with van der Waals surface area (Å²) in [5, 5.41) is 11.1. The van der Waals surface area contributed by atoms with E-state index in [4.69, 9.17) is 33.7 Å². The molecule has 3 N–H and O–H groups in total. The molecule has 0 unspecified atom stereocenters. The van der Waals surface area contributed by atoms with Gasteiger partial charge in [-0.05, 0) is 48.2 Å². The number of phenolic OH excluding ortho intramolecular Hbond substituents is 1. The van der Waals surface area contributed by atoms with Crippen LogP contribution in [0.15, 0.2) is 41.5 Å². The van der Waals surface area contributed by atoms with E-state index in [9.17, 15) is 9.90 Å².